The van der Waals surface area contributed by atoms with Crippen LogP contribution in [0.5, 0.6) is 5.88 Å². The van der Waals surface area contributed by atoms with E-state index in [-0.39, 0.29) is 5.56 Å². The van der Waals surface area contributed by atoms with Gasteiger partial charge >= 0.3 is 6.36 Å². The number of nitrogens with zero attached hydrogens (tertiary/aromatic N) is 1. The lowest BCUT2D eigenvalue weighted by molar-refractivity contribution is -0.276. The van der Waals surface area contributed by atoms with E-state index in [0.29, 0.717) is 6.20 Å². The molecule has 0 aliphatic rings. The Labute approximate surface area is 92.6 Å². The summed E-state index contributed by atoms with van der Waals surface area (Å²) in [6.45, 7) is -0.849. The number of rotatable bonds is 3. The molecule has 1 aromatic rings. The Bertz CT molecular complexity index is 383. The molecule has 0 radical (unpaired) electrons. The summed E-state index contributed by atoms with van der Waals surface area (Å²) in [6.07, 6.45) is -4.41. The first kappa shape index (κ1) is 13.0. The molecule has 1 rings (SSSR count). The smallest absolute Gasteiger partial charge is 0.391 e. The van der Waals surface area contributed by atoms with E-state index in [9.17, 15) is 17.6 Å². The predicted octanol–water partition coefficient (Wildman–Crippen LogP) is 2.35. The van der Waals surface area contributed by atoms with E-state index in [2.05, 4.69) is 9.72 Å². The van der Waals surface area contributed by atoms with Crippen molar-refractivity contribution in [1.29, 1.82) is 0 Å². The van der Waals surface area contributed by atoms with Crippen molar-refractivity contribution in [3.63, 3.8) is 0 Å². The Kier molecular flexibility index (Phi) is 3.93. The molecule has 0 spiro atoms. The number of hydrogen-bond acceptors (Lipinski definition) is 3. The van der Waals surface area contributed by atoms with Crippen molar-refractivity contribution in [2.75, 3.05) is 0 Å². The summed E-state index contributed by atoms with van der Waals surface area (Å²) < 4.78 is 52.4. The number of halogens is 5. The third kappa shape index (κ3) is 2.96. The van der Waals surface area contributed by atoms with Crippen LogP contribution in [0.15, 0.2) is 6.20 Å². The van der Waals surface area contributed by atoms with E-state index in [1.807, 2.05) is 0 Å². The van der Waals surface area contributed by atoms with Crippen molar-refractivity contribution in [1.82, 2.24) is 4.98 Å². The van der Waals surface area contributed by atoms with Crippen molar-refractivity contribution in [3.05, 3.63) is 23.1 Å². The Hall–Kier alpha value is -1.08. The second kappa shape index (κ2) is 4.84. The van der Waals surface area contributed by atoms with Gasteiger partial charge in [0.1, 0.15) is 5.82 Å². The van der Waals surface area contributed by atoms with Gasteiger partial charge in [-0.15, -0.1) is 24.8 Å². The maximum Gasteiger partial charge on any atom is 0.574 e. The highest BCUT2D eigenvalue weighted by atomic mass is 35.5. The first-order valence-corrected chi connectivity index (χ1v) is 4.51. The number of aromatic nitrogens is 1. The van der Waals surface area contributed by atoms with Crippen LogP contribution in [0, 0.1) is 5.82 Å². The molecule has 16 heavy (non-hydrogen) atoms. The van der Waals surface area contributed by atoms with E-state index >= 15 is 0 Å². The van der Waals surface area contributed by atoms with E-state index in [4.69, 9.17) is 16.7 Å². The third-order valence-electron chi connectivity index (χ3n) is 1.71. The summed E-state index contributed by atoms with van der Waals surface area (Å²) in [6, 6.07) is 0. The van der Waals surface area contributed by atoms with Gasteiger partial charge in [-0.1, -0.05) is 0 Å². The van der Waals surface area contributed by atoms with Crippen LogP contribution in [0.4, 0.5) is 17.6 Å². The summed E-state index contributed by atoms with van der Waals surface area (Å²) in [5.41, 5.74) is -0.675. The second-order valence-corrected chi connectivity index (χ2v) is 2.98. The van der Waals surface area contributed by atoms with Gasteiger partial charge in [0.05, 0.1) is 18.7 Å². The number of pyridine rings is 1. The molecule has 0 aliphatic carbocycles. The molecule has 0 unspecified atom stereocenters. The zero-order valence-corrected chi connectivity index (χ0v) is 8.44. The summed E-state index contributed by atoms with van der Waals surface area (Å²) >= 11 is 5.34. The van der Waals surface area contributed by atoms with Gasteiger partial charge < -0.3 is 9.84 Å². The van der Waals surface area contributed by atoms with Gasteiger partial charge in [-0.25, -0.2) is 9.37 Å². The van der Waals surface area contributed by atoms with Gasteiger partial charge in [0, 0.05) is 11.1 Å². The predicted molar refractivity (Wildman–Crippen MR) is 46.4 cm³/mol. The zero-order valence-electron chi connectivity index (χ0n) is 7.68. The molecule has 90 valence electrons. The molecule has 0 aliphatic heterocycles. The van der Waals surface area contributed by atoms with Crippen molar-refractivity contribution in [3.8, 4) is 5.88 Å². The Morgan fingerprint density at radius 2 is 2.00 bits per heavy atom. The molecule has 0 fully saturated rings. The van der Waals surface area contributed by atoms with Crippen LogP contribution in [-0.4, -0.2) is 16.5 Å². The number of alkyl halides is 4. The van der Waals surface area contributed by atoms with E-state index in [0.717, 1.165) is 0 Å². The van der Waals surface area contributed by atoms with Crippen LogP contribution in [0.25, 0.3) is 0 Å². The zero-order chi connectivity index (χ0) is 12.3. The van der Waals surface area contributed by atoms with Crippen molar-refractivity contribution in [2.24, 2.45) is 0 Å². The average Bonchev–Trinajstić information content (AvgIpc) is 2.18. The van der Waals surface area contributed by atoms with Crippen LogP contribution in [-0.2, 0) is 12.5 Å². The largest absolute Gasteiger partial charge is 0.574 e. The van der Waals surface area contributed by atoms with Gasteiger partial charge in [-0.2, -0.15) is 0 Å². The lowest BCUT2D eigenvalue weighted by atomic mass is 10.1. The number of hydrogen-bond donors (Lipinski definition) is 1. The van der Waals surface area contributed by atoms with E-state index in [1.54, 1.807) is 0 Å². The molecule has 0 bridgehead atoms. The highest BCUT2D eigenvalue weighted by Crippen LogP contribution is 2.28. The van der Waals surface area contributed by atoms with Crippen LogP contribution in [0.3, 0.4) is 0 Å². The number of aliphatic hydroxyl groups is 1. The Balaban J connectivity index is 3.19. The molecule has 1 heterocycles. The van der Waals surface area contributed by atoms with E-state index < -0.39 is 36.1 Å². The quantitative estimate of drug-likeness (QED) is 0.669. The molecule has 0 amide bonds. The topological polar surface area (TPSA) is 42.4 Å². The SMILES string of the molecule is OCc1c(OC(F)(F)F)ncc(F)c1CCl. The highest BCUT2D eigenvalue weighted by Gasteiger charge is 2.33. The van der Waals surface area contributed by atoms with Gasteiger partial charge in [0.25, 0.3) is 0 Å². The molecule has 0 aromatic carbocycles. The summed E-state index contributed by atoms with van der Waals surface area (Å²) in [4.78, 5) is 3.11. The molecule has 3 nitrogen and oxygen atoms in total. The van der Waals surface area contributed by atoms with Gasteiger partial charge in [0.15, 0.2) is 0 Å². The Morgan fingerprint density at radius 1 is 1.38 bits per heavy atom. The average molecular weight is 260 g/mol. The summed E-state index contributed by atoms with van der Waals surface area (Å²) in [5, 5.41) is 8.84. The maximum atomic E-state index is 13.1. The van der Waals surface area contributed by atoms with Gasteiger partial charge in [-0.3, -0.25) is 0 Å². The van der Waals surface area contributed by atoms with Gasteiger partial charge in [0.2, 0.25) is 5.88 Å². The number of ether oxygens (including phenoxy) is 1. The number of aliphatic hydroxyl groups excluding tert-OH is 1. The van der Waals surface area contributed by atoms with Crippen molar-refractivity contribution < 1.29 is 27.4 Å². The van der Waals surface area contributed by atoms with Crippen LogP contribution in [0.1, 0.15) is 11.1 Å². The minimum absolute atomic E-state index is 0.265. The molecular formula is C8H6ClF4NO2. The van der Waals surface area contributed by atoms with Crippen LogP contribution < -0.4 is 4.74 Å². The first-order valence-electron chi connectivity index (χ1n) is 3.98. The molecule has 0 saturated heterocycles. The van der Waals surface area contributed by atoms with Crippen molar-refractivity contribution in [2.45, 2.75) is 18.8 Å². The normalized spacial score (nSPS) is 11.6. The maximum absolute atomic E-state index is 13.1. The highest BCUT2D eigenvalue weighted by molar-refractivity contribution is 6.17. The Morgan fingerprint density at radius 3 is 2.44 bits per heavy atom. The lowest BCUT2D eigenvalue weighted by Gasteiger charge is -2.13. The lowest BCUT2D eigenvalue weighted by Crippen LogP contribution is -2.20. The van der Waals surface area contributed by atoms with Gasteiger partial charge in [-0.05, 0) is 0 Å². The van der Waals surface area contributed by atoms with E-state index in [1.165, 1.54) is 0 Å². The fourth-order valence-corrected chi connectivity index (χ4v) is 1.34. The molecule has 8 heteroatoms. The molecule has 0 atom stereocenters. The fraction of sp³-hybridized carbons (Fsp3) is 0.375. The molecule has 1 aromatic heterocycles. The van der Waals surface area contributed by atoms with Crippen LogP contribution >= 0.6 is 11.6 Å². The minimum Gasteiger partial charge on any atom is -0.391 e. The summed E-state index contributed by atoms with van der Waals surface area (Å²) in [5.74, 6) is -2.18. The minimum atomic E-state index is -4.96. The fourth-order valence-electron chi connectivity index (χ4n) is 1.05. The molecular weight excluding hydrogens is 254 g/mol. The van der Waals surface area contributed by atoms with Crippen molar-refractivity contribution >= 4 is 11.6 Å². The molecule has 1 N–H and O–H groups in total. The molecule has 0 saturated carbocycles. The first-order chi connectivity index (χ1) is 7.39. The third-order valence-corrected chi connectivity index (χ3v) is 1.98. The van der Waals surface area contributed by atoms with Crippen LogP contribution in [0.2, 0.25) is 0 Å². The second-order valence-electron chi connectivity index (χ2n) is 2.71. The monoisotopic (exact) mass is 259 g/mol. The summed E-state index contributed by atoms with van der Waals surface area (Å²) in [7, 11) is 0. The standard InChI is InChI=1S/C8H6ClF4NO2/c9-1-4-5(3-15)7(14-2-6(4)10)16-8(11,12)13/h2,15H,1,3H2.